The lowest BCUT2D eigenvalue weighted by Crippen LogP contribution is -2.36. The molecule has 1 aliphatic rings. The number of amides is 1. The van der Waals surface area contributed by atoms with Gasteiger partial charge in [0.25, 0.3) is 0 Å². The molecule has 26 heavy (non-hydrogen) atoms. The SMILES string of the molecule is CC(C)c1ccc(-n2cnnc2SCC(=O)NC2CCS(=O)(=O)C2)cc1. The zero-order valence-corrected chi connectivity index (χ0v) is 16.4. The maximum absolute atomic E-state index is 12.1. The maximum Gasteiger partial charge on any atom is 0.230 e. The highest BCUT2D eigenvalue weighted by Crippen LogP contribution is 2.22. The topological polar surface area (TPSA) is 93.9 Å². The summed E-state index contributed by atoms with van der Waals surface area (Å²) in [6, 6.07) is 7.87. The molecule has 0 aliphatic carbocycles. The van der Waals surface area contributed by atoms with E-state index in [1.807, 2.05) is 16.7 Å². The van der Waals surface area contributed by atoms with Crippen molar-refractivity contribution in [1.82, 2.24) is 20.1 Å². The summed E-state index contributed by atoms with van der Waals surface area (Å²) in [6.07, 6.45) is 2.10. The van der Waals surface area contributed by atoms with Crippen molar-refractivity contribution in [2.45, 2.75) is 37.4 Å². The number of rotatable bonds is 6. The lowest BCUT2D eigenvalue weighted by molar-refractivity contribution is -0.119. The van der Waals surface area contributed by atoms with Crippen LogP contribution in [0.4, 0.5) is 0 Å². The Morgan fingerprint density at radius 1 is 1.35 bits per heavy atom. The molecule has 1 unspecified atom stereocenters. The van der Waals surface area contributed by atoms with Gasteiger partial charge in [-0.3, -0.25) is 9.36 Å². The van der Waals surface area contributed by atoms with Gasteiger partial charge in [-0.15, -0.1) is 10.2 Å². The molecule has 1 aromatic heterocycles. The fraction of sp³-hybridized carbons (Fsp3) is 0.471. The van der Waals surface area contributed by atoms with Crippen LogP contribution in [0.1, 0.15) is 31.7 Å². The molecule has 0 radical (unpaired) electrons. The van der Waals surface area contributed by atoms with Gasteiger partial charge in [-0.25, -0.2) is 8.42 Å². The van der Waals surface area contributed by atoms with E-state index in [-0.39, 0.29) is 29.2 Å². The number of nitrogens with one attached hydrogen (secondary N) is 1. The van der Waals surface area contributed by atoms with E-state index < -0.39 is 9.84 Å². The average molecular weight is 395 g/mol. The van der Waals surface area contributed by atoms with Gasteiger partial charge in [0, 0.05) is 11.7 Å². The van der Waals surface area contributed by atoms with Gasteiger partial charge in [0.2, 0.25) is 5.91 Å². The molecule has 1 aliphatic heterocycles. The van der Waals surface area contributed by atoms with Crippen molar-refractivity contribution < 1.29 is 13.2 Å². The predicted octanol–water partition coefficient (Wildman–Crippen LogP) is 1.79. The fourth-order valence-corrected chi connectivity index (χ4v) is 5.24. The third kappa shape index (κ3) is 4.64. The van der Waals surface area contributed by atoms with E-state index in [9.17, 15) is 13.2 Å². The van der Waals surface area contributed by atoms with Crippen molar-refractivity contribution in [3.8, 4) is 5.69 Å². The lowest BCUT2D eigenvalue weighted by Gasteiger charge is -2.11. The van der Waals surface area contributed by atoms with Crippen molar-refractivity contribution in [2.24, 2.45) is 0 Å². The van der Waals surface area contributed by atoms with Gasteiger partial charge >= 0.3 is 0 Å². The van der Waals surface area contributed by atoms with Crippen LogP contribution in [0.5, 0.6) is 0 Å². The van der Waals surface area contributed by atoms with E-state index in [1.165, 1.54) is 17.3 Å². The minimum atomic E-state index is -3.00. The first-order chi connectivity index (χ1) is 12.3. The van der Waals surface area contributed by atoms with E-state index in [4.69, 9.17) is 0 Å². The molecule has 1 N–H and O–H groups in total. The second-order valence-electron chi connectivity index (χ2n) is 6.69. The Bertz CT molecular complexity index is 876. The smallest absolute Gasteiger partial charge is 0.230 e. The van der Waals surface area contributed by atoms with Gasteiger partial charge in [0.15, 0.2) is 15.0 Å². The van der Waals surface area contributed by atoms with E-state index in [0.29, 0.717) is 17.5 Å². The summed E-state index contributed by atoms with van der Waals surface area (Å²) < 4.78 is 24.7. The summed E-state index contributed by atoms with van der Waals surface area (Å²) >= 11 is 1.28. The van der Waals surface area contributed by atoms with Gasteiger partial charge in [-0.05, 0) is 30.0 Å². The Labute approximate surface area is 157 Å². The fourth-order valence-electron chi connectivity index (χ4n) is 2.83. The Hall–Kier alpha value is -1.87. The molecule has 1 saturated heterocycles. The zero-order valence-electron chi connectivity index (χ0n) is 14.8. The molecule has 140 valence electrons. The number of carbonyl (C=O) groups excluding carboxylic acids is 1. The summed E-state index contributed by atoms with van der Waals surface area (Å²) in [6.45, 7) is 4.28. The van der Waals surface area contributed by atoms with Crippen molar-refractivity contribution in [3.05, 3.63) is 36.2 Å². The number of aromatic nitrogens is 3. The Morgan fingerprint density at radius 2 is 2.08 bits per heavy atom. The zero-order chi connectivity index (χ0) is 18.7. The number of benzene rings is 1. The van der Waals surface area contributed by atoms with E-state index in [2.05, 4.69) is 41.5 Å². The van der Waals surface area contributed by atoms with Gasteiger partial charge in [0.05, 0.1) is 17.3 Å². The van der Waals surface area contributed by atoms with Crippen LogP contribution in [0.25, 0.3) is 5.69 Å². The van der Waals surface area contributed by atoms with Crippen LogP contribution in [-0.4, -0.2) is 52.4 Å². The highest BCUT2D eigenvalue weighted by Gasteiger charge is 2.28. The minimum Gasteiger partial charge on any atom is -0.352 e. The quantitative estimate of drug-likeness (QED) is 0.751. The summed E-state index contributed by atoms with van der Waals surface area (Å²) in [5.74, 6) is 0.607. The van der Waals surface area contributed by atoms with Gasteiger partial charge in [-0.1, -0.05) is 37.7 Å². The third-order valence-corrected chi connectivity index (χ3v) is 7.00. The molecule has 2 aromatic rings. The third-order valence-electron chi connectivity index (χ3n) is 4.28. The monoisotopic (exact) mass is 394 g/mol. The molecule has 0 saturated carbocycles. The maximum atomic E-state index is 12.1. The number of sulfone groups is 1. The number of hydrogen-bond acceptors (Lipinski definition) is 6. The number of hydrogen-bond donors (Lipinski definition) is 1. The highest BCUT2D eigenvalue weighted by atomic mass is 32.2. The average Bonchev–Trinajstić information content (AvgIpc) is 3.19. The van der Waals surface area contributed by atoms with Crippen molar-refractivity contribution in [2.75, 3.05) is 17.3 Å². The van der Waals surface area contributed by atoms with E-state index in [0.717, 1.165) is 5.69 Å². The molecule has 1 aromatic carbocycles. The summed E-state index contributed by atoms with van der Waals surface area (Å²) in [7, 11) is -3.00. The van der Waals surface area contributed by atoms with E-state index in [1.54, 1.807) is 6.33 Å². The number of thioether (sulfide) groups is 1. The Kier molecular flexibility index (Phi) is 5.67. The minimum absolute atomic E-state index is 0.0296. The van der Waals surface area contributed by atoms with Crippen LogP contribution < -0.4 is 5.32 Å². The van der Waals surface area contributed by atoms with E-state index >= 15 is 0 Å². The standard InChI is InChI=1S/C17H22N4O3S2/c1-12(2)13-3-5-15(6-4-13)21-11-18-20-17(21)25-9-16(22)19-14-7-8-26(23,24)10-14/h3-6,11-12,14H,7-10H2,1-2H3,(H,19,22). The largest absolute Gasteiger partial charge is 0.352 e. The first-order valence-corrected chi connectivity index (χ1v) is 11.3. The lowest BCUT2D eigenvalue weighted by atomic mass is 10.0. The highest BCUT2D eigenvalue weighted by molar-refractivity contribution is 7.99. The molecule has 9 heteroatoms. The van der Waals surface area contributed by atoms with Crippen molar-refractivity contribution in [1.29, 1.82) is 0 Å². The molecular formula is C17H22N4O3S2. The van der Waals surface area contributed by atoms with Gasteiger partial charge < -0.3 is 5.32 Å². The Balaban J connectivity index is 1.59. The normalized spacial score (nSPS) is 19.0. The van der Waals surface area contributed by atoms with Crippen LogP contribution in [0.3, 0.4) is 0 Å². The second-order valence-corrected chi connectivity index (χ2v) is 9.86. The molecule has 2 heterocycles. The summed E-state index contributed by atoms with van der Waals surface area (Å²) in [4.78, 5) is 12.1. The van der Waals surface area contributed by atoms with Crippen LogP contribution in [0, 0.1) is 0 Å². The first-order valence-electron chi connectivity index (χ1n) is 8.47. The van der Waals surface area contributed by atoms with Crippen LogP contribution in [-0.2, 0) is 14.6 Å². The van der Waals surface area contributed by atoms with Crippen LogP contribution in [0.15, 0.2) is 35.7 Å². The molecular weight excluding hydrogens is 372 g/mol. The molecule has 0 bridgehead atoms. The van der Waals surface area contributed by atoms with Crippen LogP contribution >= 0.6 is 11.8 Å². The molecule has 0 spiro atoms. The van der Waals surface area contributed by atoms with Gasteiger partial charge in [0.1, 0.15) is 6.33 Å². The molecule has 7 nitrogen and oxygen atoms in total. The number of carbonyl (C=O) groups is 1. The van der Waals surface area contributed by atoms with Crippen molar-refractivity contribution >= 4 is 27.5 Å². The summed E-state index contributed by atoms with van der Waals surface area (Å²) in [5.41, 5.74) is 2.19. The van der Waals surface area contributed by atoms with Crippen molar-refractivity contribution in [3.63, 3.8) is 0 Å². The molecule has 1 fully saturated rings. The predicted molar refractivity (Wildman–Crippen MR) is 101 cm³/mol. The second kappa shape index (κ2) is 7.79. The molecule has 3 rings (SSSR count). The van der Waals surface area contributed by atoms with Crippen LogP contribution in [0.2, 0.25) is 0 Å². The summed E-state index contributed by atoms with van der Waals surface area (Å²) in [5, 5.41) is 11.4. The first kappa shape index (κ1) is 18.9. The molecule has 1 atom stereocenters. The van der Waals surface area contributed by atoms with Gasteiger partial charge in [-0.2, -0.15) is 0 Å². The Morgan fingerprint density at radius 3 is 2.69 bits per heavy atom. The number of nitrogens with zero attached hydrogens (tertiary/aromatic N) is 3. The molecule has 1 amide bonds.